The summed E-state index contributed by atoms with van der Waals surface area (Å²) in [5.74, 6) is 0.00803. The number of carbonyl (C=O) groups excluding carboxylic acids is 1. The first-order valence-electron chi connectivity index (χ1n) is 6.45. The van der Waals surface area contributed by atoms with Crippen molar-refractivity contribution in [2.24, 2.45) is 0 Å². The molecule has 1 aromatic rings. The van der Waals surface area contributed by atoms with Gasteiger partial charge in [0.25, 0.3) is 0 Å². The van der Waals surface area contributed by atoms with Crippen LogP contribution in [0.25, 0.3) is 0 Å². The number of halogens is 1. The molecule has 0 bridgehead atoms. The van der Waals surface area contributed by atoms with Crippen LogP contribution in [0, 0.1) is 0 Å². The largest absolute Gasteiger partial charge is 0.325 e. The molecule has 0 atom stereocenters. The molecule has 0 radical (unpaired) electrons. The molecule has 2 N–H and O–H groups in total. The van der Waals surface area contributed by atoms with Gasteiger partial charge in [0.15, 0.2) is 0 Å². The lowest BCUT2D eigenvalue weighted by Gasteiger charge is -2.40. The van der Waals surface area contributed by atoms with E-state index < -0.39 is 0 Å². The molecule has 1 saturated carbocycles. The second kappa shape index (κ2) is 6.77. The molecule has 2 rings (SSSR count). The summed E-state index contributed by atoms with van der Waals surface area (Å²) in [4.78, 5) is 11.8. The average molecular weight is 343 g/mol. The zero-order valence-electron chi connectivity index (χ0n) is 11.0. The van der Waals surface area contributed by atoms with E-state index in [9.17, 15) is 4.79 Å². The lowest BCUT2D eigenvalue weighted by Crippen LogP contribution is -2.45. The van der Waals surface area contributed by atoms with Crippen molar-refractivity contribution in [1.29, 1.82) is 0 Å². The highest BCUT2D eigenvalue weighted by Gasteiger charge is 2.35. The lowest BCUT2D eigenvalue weighted by molar-refractivity contribution is -0.115. The maximum absolute atomic E-state index is 11.8. The van der Waals surface area contributed by atoms with Crippen molar-refractivity contribution >= 4 is 39.3 Å². The minimum Gasteiger partial charge on any atom is -0.325 e. The number of anilines is 1. The Hall–Kier alpha value is -0.520. The second-order valence-electron chi connectivity index (χ2n) is 4.90. The van der Waals surface area contributed by atoms with Crippen LogP contribution in [0.3, 0.4) is 0 Å². The van der Waals surface area contributed by atoms with Gasteiger partial charge in [-0.05, 0) is 37.3 Å². The SMILES string of the molecule is CSC1(CNCC(=O)Nc2cccc(Br)c2)CCC1. The molecule has 1 aliphatic rings. The van der Waals surface area contributed by atoms with Crippen molar-refractivity contribution in [3.8, 4) is 0 Å². The minimum absolute atomic E-state index is 0.00803. The van der Waals surface area contributed by atoms with Gasteiger partial charge in [0, 0.05) is 21.5 Å². The van der Waals surface area contributed by atoms with E-state index in [1.165, 1.54) is 19.3 Å². The van der Waals surface area contributed by atoms with Crippen LogP contribution in [0.4, 0.5) is 5.69 Å². The first kappa shape index (κ1) is 14.9. The molecule has 0 unspecified atom stereocenters. The number of amides is 1. The van der Waals surface area contributed by atoms with E-state index in [0.29, 0.717) is 11.3 Å². The molecule has 0 aromatic heterocycles. The van der Waals surface area contributed by atoms with Crippen molar-refractivity contribution in [2.45, 2.75) is 24.0 Å². The number of thioether (sulfide) groups is 1. The second-order valence-corrected chi connectivity index (χ2v) is 7.09. The number of nitrogens with one attached hydrogen (secondary N) is 2. The van der Waals surface area contributed by atoms with Gasteiger partial charge in [0.05, 0.1) is 6.54 Å². The van der Waals surface area contributed by atoms with Crippen LogP contribution in [0.15, 0.2) is 28.7 Å². The summed E-state index contributed by atoms with van der Waals surface area (Å²) < 4.78 is 1.34. The van der Waals surface area contributed by atoms with E-state index >= 15 is 0 Å². The highest BCUT2D eigenvalue weighted by atomic mass is 79.9. The average Bonchev–Trinajstić information content (AvgIpc) is 2.32. The zero-order chi connectivity index (χ0) is 13.7. The molecule has 1 aromatic carbocycles. The van der Waals surface area contributed by atoms with Crippen molar-refractivity contribution in [2.75, 3.05) is 24.7 Å². The number of benzene rings is 1. The Kier molecular flexibility index (Phi) is 5.30. The topological polar surface area (TPSA) is 41.1 Å². The summed E-state index contributed by atoms with van der Waals surface area (Å²) in [7, 11) is 0. The summed E-state index contributed by atoms with van der Waals surface area (Å²) in [5.41, 5.74) is 0.824. The van der Waals surface area contributed by atoms with Crippen molar-refractivity contribution in [3.05, 3.63) is 28.7 Å². The van der Waals surface area contributed by atoms with Crippen LogP contribution in [0.2, 0.25) is 0 Å². The molecular weight excluding hydrogens is 324 g/mol. The summed E-state index contributed by atoms with van der Waals surface area (Å²) in [6, 6.07) is 7.63. The Morgan fingerprint density at radius 2 is 2.26 bits per heavy atom. The van der Waals surface area contributed by atoms with Gasteiger partial charge in [-0.1, -0.05) is 28.4 Å². The minimum atomic E-state index is 0.00803. The summed E-state index contributed by atoms with van der Waals surface area (Å²) in [6.07, 6.45) is 5.98. The fourth-order valence-electron chi connectivity index (χ4n) is 2.20. The fourth-order valence-corrected chi connectivity index (χ4v) is 3.54. The van der Waals surface area contributed by atoms with Crippen molar-refractivity contribution < 1.29 is 4.79 Å². The van der Waals surface area contributed by atoms with Crippen molar-refractivity contribution in [3.63, 3.8) is 0 Å². The summed E-state index contributed by atoms with van der Waals surface area (Å²) in [6.45, 7) is 1.29. The van der Waals surface area contributed by atoms with E-state index in [-0.39, 0.29) is 5.91 Å². The fraction of sp³-hybridized carbons (Fsp3) is 0.500. The molecule has 0 saturated heterocycles. The van der Waals surface area contributed by atoms with Gasteiger partial charge in [-0.25, -0.2) is 0 Å². The van der Waals surface area contributed by atoms with Gasteiger partial charge in [0.2, 0.25) is 5.91 Å². The van der Waals surface area contributed by atoms with Crippen molar-refractivity contribution in [1.82, 2.24) is 5.32 Å². The smallest absolute Gasteiger partial charge is 0.238 e. The van der Waals surface area contributed by atoms with E-state index in [2.05, 4.69) is 32.8 Å². The molecule has 1 aliphatic carbocycles. The van der Waals surface area contributed by atoms with Crippen LogP contribution >= 0.6 is 27.7 Å². The predicted molar refractivity (Wildman–Crippen MR) is 85.7 cm³/mol. The van der Waals surface area contributed by atoms with E-state index in [1.54, 1.807) is 0 Å². The number of carbonyl (C=O) groups is 1. The van der Waals surface area contributed by atoms with Gasteiger partial charge in [-0.2, -0.15) is 11.8 Å². The van der Waals surface area contributed by atoms with E-state index in [4.69, 9.17) is 0 Å². The molecule has 1 amide bonds. The zero-order valence-corrected chi connectivity index (χ0v) is 13.4. The standard InChI is InChI=1S/C14H19BrN2OS/c1-19-14(6-3-7-14)10-16-9-13(18)17-12-5-2-4-11(15)8-12/h2,4-5,8,16H,3,6-7,9-10H2,1H3,(H,17,18). The van der Waals surface area contributed by atoms with Gasteiger partial charge < -0.3 is 10.6 Å². The molecule has 0 spiro atoms. The molecule has 19 heavy (non-hydrogen) atoms. The Labute approximate surface area is 127 Å². The molecule has 5 heteroatoms. The van der Waals surface area contributed by atoms with Gasteiger partial charge in [0.1, 0.15) is 0 Å². The Morgan fingerprint density at radius 1 is 1.47 bits per heavy atom. The molecule has 0 aliphatic heterocycles. The van der Waals surface area contributed by atoms with Crippen LogP contribution < -0.4 is 10.6 Å². The maximum atomic E-state index is 11.8. The van der Waals surface area contributed by atoms with E-state index in [0.717, 1.165) is 16.7 Å². The molecule has 104 valence electrons. The molecule has 0 heterocycles. The molecule has 3 nitrogen and oxygen atoms in total. The van der Waals surface area contributed by atoms with Crippen LogP contribution in [-0.4, -0.2) is 30.0 Å². The van der Waals surface area contributed by atoms with Crippen LogP contribution in [-0.2, 0) is 4.79 Å². The first-order chi connectivity index (χ1) is 9.13. The number of hydrogen-bond donors (Lipinski definition) is 2. The highest BCUT2D eigenvalue weighted by molar-refractivity contribution is 9.10. The lowest BCUT2D eigenvalue weighted by atomic mass is 9.84. The van der Waals surface area contributed by atoms with Crippen LogP contribution in [0.5, 0.6) is 0 Å². The third-order valence-corrected chi connectivity index (χ3v) is 5.45. The third-order valence-electron chi connectivity index (χ3n) is 3.54. The monoisotopic (exact) mass is 342 g/mol. The van der Waals surface area contributed by atoms with Gasteiger partial charge in [-0.15, -0.1) is 0 Å². The first-order valence-corrected chi connectivity index (χ1v) is 8.47. The maximum Gasteiger partial charge on any atom is 0.238 e. The molecule has 1 fully saturated rings. The molecular formula is C14H19BrN2OS. The highest BCUT2D eigenvalue weighted by Crippen LogP contribution is 2.42. The van der Waals surface area contributed by atoms with Crippen LogP contribution in [0.1, 0.15) is 19.3 Å². The Morgan fingerprint density at radius 3 is 2.84 bits per heavy atom. The number of hydrogen-bond acceptors (Lipinski definition) is 3. The van der Waals surface area contributed by atoms with E-state index in [1.807, 2.05) is 36.0 Å². The summed E-state index contributed by atoms with van der Waals surface area (Å²) >= 11 is 5.30. The third kappa shape index (κ3) is 4.23. The van der Waals surface area contributed by atoms with Gasteiger partial charge >= 0.3 is 0 Å². The summed E-state index contributed by atoms with van der Waals surface area (Å²) in [5, 5.41) is 6.15. The normalized spacial score (nSPS) is 16.7. The Bertz CT molecular complexity index is 443. The number of rotatable bonds is 6. The predicted octanol–water partition coefficient (Wildman–Crippen LogP) is 3.26. The quantitative estimate of drug-likeness (QED) is 0.833. The van der Waals surface area contributed by atoms with Gasteiger partial charge in [-0.3, -0.25) is 4.79 Å². The Balaban J connectivity index is 1.73.